The van der Waals surface area contributed by atoms with E-state index in [9.17, 15) is 4.79 Å². The maximum Gasteiger partial charge on any atom is 0.256 e. The maximum atomic E-state index is 11.5. The second kappa shape index (κ2) is 3.92. The van der Waals surface area contributed by atoms with E-state index in [4.69, 9.17) is 5.73 Å². The smallest absolute Gasteiger partial charge is 0.256 e. The summed E-state index contributed by atoms with van der Waals surface area (Å²) in [4.78, 5) is 17.9. The van der Waals surface area contributed by atoms with Gasteiger partial charge in [0.1, 0.15) is 5.82 Å². The van der Waals surface area contributed by atoms with E-state index in [0.29, 0.717) is 0 Å². The minimum absolute atomic E-state index is 0.0944. The summed E-state index contributed by atoms with van der Waals surface area (Å²) >= 11 is 0. The third-order valence-corrected chi connectivity index (χ3v) is 2.84. The van der Waals surface area contributed by atoms with Gasteiger partial charge in [-0.2, -0.15) is 4.98 Å². The van der Waals surface area contributed by atoms with Crippen LogP contribution >= 0.6 is 0 Å². The van der Waals surface area contributed by atoms with Crippen LogP contribution in [0.15, 0.2) is 10.9 Å². The van der Waals surface area contributed by atoms with Crippen molar-refractivity contribution < 1.29 is 0 Å². The van der Waals surface area contributed by atoms with Gasteiger partial charge in [0.15, 0.2) is 0 Å². The van der Waals surface area contributed by atoms with Crippen molar-refractivity contribution in [1.82, 2.24) is 9.55 Å². The number of nitrogens with two attached hydrogens (primary N) is 1. The van der Waals surface area contributed by atoms with E-state index in [2.05, 4.69) is 9.88 Å². The van der Waals surface area contributed by atoms with Crippen LogP contribution in [-0.4, -0.2) is 22.6 Å². The quantitative estimate of drug-likeness (QED) is 0.723. The van der Waals surface area contributed by atoms with E-state index in [-0.39, 0.29) is 11.5 Å². The molecule has 0 spiro atoms. The average Bonchev–Trinajstić information content (AvgIpc) is 2.26. The van der Waals surface area contributed by atoms with Gasteiger partial charge >= 0.3 is 0 Å². The van der Waals surface area contributed by atoms with Crippen LogP contribution in [0.1, 0.15) is 19.3 Å². The summed E-state index contributed by atoms with van der Waals surface area (Å²) in [6.07, 6.45) is 3.59. The summed E-state index contributed by atoms with van der Waals surface area (Å²) in [6, 6.07) is 1.56. The summed E-state index contributed by atoms with van der Waals surface area (Å²) in [5, 5.41) is 0. The Hall–Kier alpha value is -1.52. The first-order valence-electron chi connectivity index (χ1n) is 5.27. The number of rotatable bonds is 1. The molecule has 15 heavy (non-hydrogen) atoms. The van der Waals surface area contributed by atoms with Crippen LogP contribution in [0.5, 0.6) is 0 Å². The molecule has 0 aliphatic carbocycles. The Morgan fingerprint density at radius 3 is 2.60 bits per heavy atom. The van der Waals surface area contributed by atoms with E-state index in [1.165, 1.54) is 11.0 Å². The first kappa shape index (κ1) is 10.0. The number of piperidine rings is 1. The molecule has 1 fully saturated rings. The Labute approximate surface area is 88.5 Å². The molecule has 1 aliphatic heterocycles. The predicted octanol–water partition coefficient (Wildman–Crippen LogP) is 0.353. The molecular formula is C10H16N4O. The van der Waals surface area contributed by atoms with Crippen LogP contribution in [-0.2, 0) is 7.05 Å². The molecule has 1 aromatic heterocycles. The lowest BCUT2D eigenvalue weighted by Gasteiger charge is -2.27. The van der Waals surface area contributed by atoms with Crippen molar-refractivity contribution in [1.29, 1.82) is 0 Å². The molecule has 0 atom stereocenters. The lowest BCUT2D eigenvalue weighted by Crippen LogP contribution is -2.32. The Balaban J connectivity index is 2.32. The van der Waals surface area contributed by atoms with Crippen LogP contribution in [0.2, 0.25) is 0 Å². The summed E-state index contributed by atoms with van der Waals surface area (Å²) in [5.74, 6) is 0.998. The highest BCUT2D eigenvalue weighted by Gasteiger charge is 2.13. The maximum absolute atomic E-state index is 11.5. The van der Waals surface area contributed by atoms with Crippen molar-refractivity contribution in [3.8, 4) is 0 Å². The zero-order chi connectivity index (χ0) is 10.8. The van der Waals surface area contributed by atoms with E-state index >= 15 is 0 Å². The lowest BCUT2D eigenvalue weighted by atomic mass is 10.1. The molecule has 0 unspecified atom stereocenters. The monoisotopic (exact) mass is 208 g/mol. The number of nitrogens with zero attached hydrogens (tertiary/aromatic N) is 3. The fourth-order valence-electron chi connectivity index (χ4n) is 1.83. The van der Waals surface area contributed by atoms with Crippen molar-refractivity contribution in [3.05, 3.63) is 16.4 Å². The van der Waals surface area contributed by atoms with Gasteiger partial charge in [-0.3, -0.25) is 9.36 Å². The van der Waals surface area contributed by atoms with Crippen LogP contribution in [0, 0.1) is 0 Å². The van der Waals surface area contributed by atoms with Gasteiger partial charge in [0.2, 0.25) is 5.95 Å². The number of aromatic nitrogens is 2. The zero-order valence-corrected chi connectivity index (χ0v) is 8.94. The topological polar surface area (TPSA) is 64.2 Å². The van der Waals surface area contributed by atoms with Gasteiger partial charge in [0, 0.05) is 26.2 Å². The largest absolute Gasteiger partial charge is 0.369 e. The highest BCUT2D eigenvalue weighted by Crippen LogP contribution is 2.16. The normalized spacial score (nSPS) is 16.7. The van der Waals surface area contributed by atoms with Crippen LogP contribution in [0.3, 0.4) is 0 Å². The number of hydrogen-bond donors (Lipinski definition) is 1. The van der Waals surface area contributed by atoms with Crippen molar-refractivity contribution in [2.24, 2.45) is 7.05 Å². The molecule has 5 heteroatoms. The molecule has 1 aliphatic rings. The summed E-state index contributed by atoms with van der Waals surface area (Å²) in [5.41, 5.74) is 5.56. The molecule has 1 aromatic rings. The molecule has 2 N–H and O–H groups in total. The summed E-state index contributed by atoms with van der Waals surface area (Å²) < 4.78 is 1.35. The van der Waals surface area contributed by atoms with Crippen LogP contribution in [0.25, 0.3) is 0 Å². The molecule has 0 bridgehead atoms. The Bertz CT molecular complexity index is 406. The number of nitrogen functional groups attached to an aromatic ring is 1. The Kier molecular flexibility index (Phi) is 2.62. The number of hydrogen-bond acceptors (Lipinski definition) is 4. The van der Waals surface area contributed by atoms with Crippen molar-refractivity contribution in [2.45, 2.75) is 19.3 Å². The molecule has 1 saturated heterocycles. The van der Waals surface area contributed by atoms with Gasteiger partial charge in [0.05, 0.1) is 0 Å². The predicted molar refractivity (Wildman–Crippen MR) is 60.0 cm³/mol. The van der Waals surface area contributed by atoms with Gasteiger partial charge < -0.3 is 10.6 Å². The summed E-state index contributed by atoms with van der Waals surface area (Å²) in [6.45, 7) is 1.94. The molecule has 2 heterocycles. The highest BCUT2D eigenvalue weighted by molar-refractivity contribution is 5.41. The SMILES string of the molecule is Cn1c(N)nc(N2CCCCC2)cc1=O. The second-order valence-corrected chi connectivity index (χ2v) is 3.92. The van der Waals surface area contributed by atoms with Gasteiger partial charge in [0.25, 0.3) is 5.56 Å². The van der Waals surface area contributed by atoms with Crippen molar-refractivity contribution in [3.63, 3.8) is 0 Å². The molecule has 0 aromatic carbocycles. The minimum Gasteiger partial charge on any atom is -0.369 e. The van der Waals surface area contributed by atoms with Gasteiger partial charge in [-0.1, -0.05) is 0 Å². The third kappa shape index (κ3) is 1.95. The third-order valence-electron chi connectivity index (χ3n) is 2.84. The fourth-order valence-corrected chi connectivity index (χ4v) is 1.83. The molecule has 2 rings (SSSR count). The van der Waals surface area contributed by atoms with Crippen molar-refractivity contribution >= 4 is 11.8 Å². The van der Waals surface area contributed by atoms with Gasteiger partial charge in [-0.25, -0.2) is 0 Å². The van der Waals surface area contributed by atoms with Gasteiger partial charge in [-0.15, -0.1) is 0 Å². The summed E-state index contributed by atoms with van der Waals surface area (Å²) in [7, 11) is 1.63. The first-order valence-corrected chi connectivity index (χ1v) is 5.27. The second-order valence-electron chi connectivity index (χ2n) is 3.92. The molecule has 82 valence electrons. The Morgan fingerprint density at radius 1 is 1.33 bits per heavy atom. The highest BCUT2D eigenvalue weighted by atomic mass is 16.1. The van der Waals surface area contributed by atoms with E-state index in [0.717, 1.165) is 31.7 Å². The standard InChI is InChI=1S/C10H16N4O/c1-13-9(15)7-8(12-10(13)11)14-5-3-2-4-6-14/h7H,2-6H2,1H3,(H2,11,12). The average molecular weight is 208 g/mol. The lowest BCUT2D eigenvalue weighted by molar-refractivity contribution is 0.572. The van der Waals surface area contributed by atoms with E-state index in [1.54, 1.807) is 13.1 Å². The number of anilines is 2. The van der Waals surface area contributed by atoms with Gasteiger partial charge in [-0.05, 0) is 19.3 Å². The van der Waals surface area contributed by atoms with Crippen LogP contribution < -0.4 is 16.2 Å². The molecule has 0 saturated carbocycles. The minimum atomic E-state index is -0.0944. The Morgan fingerprint density at radius 2 is 2.00 bits per heavy atom. The van der Waals surface area contributed by atoms with E-state index < -0.39 is 0 Å². The van der Waals surface area contributed by atoms with Crippen molar-refractivity contribution in [2.75, 3.05) is 23.7 Å². The zero-order valence-electron chi connectivity index (χ0n) is 8.94. The van der Waals surface area contributed by atoms with Crippen LogP contribution in [0.4, 0.5) is 11.8 Å². The molecule has 0 amide bonds. The molecular weight excluding hydrogens is 192 g/mol. The van der Waals surface area contributed by atoms with E-state index in [1.807, 2.05) is 0 Å². The fraction of sp³-hybridized carbons (Fsp3) is 0.600. The molecule has 5 nitrogen and oxygen atoms in total. The first-order chi connectivity index (χ1) is 7.18. The molecule has 0 radical (unpaired) electrons.